The molecule has 0 amide bonds. The van der Waals surface area contributed by atoms with E-state index in [1.807, 2.05) is 6.20 Å². The van der Waals surface area contributed by atoms with E-state index in [-0.39, 0.29) is 5.78 Å². The van der Waals surface area contributed by atoms with Gasteiger partial charge in [-0.05, 0) is 25.0 Å². The van der Waals surface area contributed by atoms with Crippen molar-refractivity contribution >= 4 is 5.78 Å². The fraction of sp³-hybridized carbons (Fsp3) is 0.500. The molecule has 19 heavy (non-hydrogen) atoms. The quantitative estimate of drug-likeness (QED) is 0.501. The Bertz CT molecular complexity index is 379. The highest BCUT2D eigenvalue weighted by molar-refractivity contribution is 6.04. The van der Waals surface area contributed by atoms with Crippen LogP contribution in [0.1, 0.15) is 49.9 Å². The summed E-state index contributed by atoms with van der Waals surface area (Å²) in [5, 5.41) is 0. The van der Waals surface area contributed by atoms with E-state index in [2.05, 4.69) is 23.7 Å². The summed E-state index contributed by atoms with van der Waals surface area (Å²) >= 11 is 0. The molecule has 3 heteroatoms. The van der Waals surface area contributed by atoms with E-state index in [4.69, 9.17) is 0 Å². The van der Waals surface area contributed by atoms with Gasteiger partial charge in [0.2, 0.25) is 0 Å². The van der Waals surface area contributed by atoms with E-state index in [9.17, 15) is 4.79 Å². The van der Waals surface area contributed by atoms with Crippen LogP contribution in [0.2, 0.25) is 0 Å². The Hall–Kier alpha value is -1.64. The van der Waals surface area contributed by atoms with Gasteiger partial charge in [0.25, 0.3) is 0 Å². The molecule has 0 aliphatic rings. The lowest BCUT2D eigenvalue weighted by molar-refractivity contribution is 0.104. The van der Waals surface area contributed by atoms with Gasteiger partial charge in [0.1, 0.15) is 0 Å². The fourth-order valence-electron chi connectivity index (χ4n) is 1.76. The van der Waals surface area contributed by atoms with Crippen molar-refractivity contribution in [1.82, 2.24) is 9.88 Å². The van der Waals surface area contributed by atoms with E-state index in [0.717, 1.165) is 25.9 Å². The highest BCUT2D eigenvalue weighted by Gasteiger charge is 2.02. The molecule has 0 aliphatic carbocycles. The first-order valence-corrected chi connectivity index (χ1v) is 7.14. The maximum Gasteiger partial charge on any atom is 0.188 e. The molecule has 0 atom stereocenters. The molecule has 0 bridgehead atoms. The minimum absolute atomic E-state index is 0.0195. The zero-order valence-electron chi connectivity index (χ0n) is 12.0. The number of hydrogen-bond acceptors (Lipinski definition) is 3. The normalized spacial score (nSPS) is 10.8. The number of nitrogens with zero attached hydrogens (tertiary/aromatic N) is 2. The Labute approximate surface area is 116 Å². The van der Waals surface area contributed by atoms with Crippen molar-refractivity contribution in [3.05, 3.63) is 42.4 Å². The minimum atomic E-state index is 0.0195. The Morgan fingerprint density at radius 3 is 2.47 bits per heavy atom. The maximum absolute atomic E-state index is 11.9. The van der Waals surface area contributed by atoms with Gasteiger partial charge < -0.3 is 4.90 Å². The minimum Gasteiger partial charge on any atom is -0.377 e. The highest BCUT2D eigenvalue weighted by Crippen LogP contribution is 2.03. The van der Waals surface area contributed by atoms with Gasteiger partial charge in [0, 0.05) is 43.3 Å². The molecule has 0 fully saturated rings. The van der Waals surface area contributed by atoms with E-state index >= 15 is 0 Å². The summed E-state index contributed by atoms with van der Waals surface area (Å²) < 4.78 is 0. The largest absolute Gasteiger partial charge is 0.377 e. The molecule has 0 radical (unpaired) electrons. The summed E-state index contributed by atoms with van der Waals surface area (Å²) in [6, 6.07) is 3.58. The fourth-order valence-corrected chi connectivity index (χ4v) is 1.76. The average molecular weight is 260 g/mol. The lowest BCUT2D eigenvalue weighted by Crippen LogP contribution is -2.20. The third-order valence-electron chi connectivity index (χ3n) is 2.98. The molecule has 0 aliphatic heterocycles. The van der Waals surface area contributed by atoms with Crippen molar-refractivity contribution in [3.8, 4) is 0 Å². The highest BCUT2D eigenvalue weighted by atomic mass is 16.1. The van der Waals surface area contributed by atoms with Gasteiger partial charge in [-0.25, -0.2) is 0 Å². The number of carbonyl (C=O) groups is 1. The molecule has 1 heterocycles. The molecule has 0 saturated carbocycles. The van der Waals surface area contributed by atoms with Gasteiger partial charge in [-0.1, -0.05) is 26.7 Å². The molecule has 0 saturated heterocycles. The number of carbonyl (C=O) groups excluding carboxylic acids is 1. The predicted molar refractivity (Wildman–Crippen MR) is 79.1 cm³/mol. The molecule has 0 unspecified atom stereocenters. The summed E-state index contributed by atoms with van der Waals surface area (Å²) in [4.78, 5) is 18.1. The van der Waals surface area contributed by atoms with Crippen LogP contribution < -0.4 is 0 Å². The maximum atomic E-state index is 11.9. The van der Waals surface area contributed by atoms with Crippen molar-refractivity contribution in [2.75, 3.05) is 13.1 Å². The topological polar surface area (TPSA) is 33.2 Å². The Morgan fingerprint density at radius 2 is 1.95 bits per heavy atom. The van der Waals surface area contributed by atoms with Crippen molar-refractivity contribution in [2.24, 2.45) is 0 Å². The molecule has 1 aromatic heterocycles. The number of hydrogen-bond donors (Lipinski definition) is 0. The first-order chi connectivity index (χ1) is 9.27. The van der Waals surface area contributed by atoms with Crippen LogP contribution in [-0.2, 0) is 0 Å². The van der Waals surface area contributed by atoms with Gasteiger partial charge >= 0.3 is 0 Å². The van der Waals surface area contributed by atoms with Crippen LogP contribution in [0, 0.1) is 0 Å². The van der Waals surface area contributed by atoms with E-state index in [1.165, 1.54) is 12.8 Å². The van der Waals surface area contributed by atoms with E-state index < -0.39 is 0 Å². The second-order valence-corrected chi connectivity index (χ2v) is 4.66. The number of allylic oxidation sites excluding steroid dienone is 1. The van der Waals surface area contributed by atoms with Gasteiger partial charge in [-0.3, -0.25) is 9.78 Å². The lowest BCUT2D eigenvalue weighted by atomic mass is 10.2. The van der Waals surface area contributed by atoms with E-state index in [0.29, 0.717) is 5.56 Å². The SMILES string of the molecule is CCCCN(C=CC(=O)c1cccnc1)CCCC. The molecule has 0 spiro atoms. The summed E-state index contributed by atoms with van der Waals surface area (Å²) in [5.41, 5.74) is 0.643. The number of unbranched alkanes of at least 4 members (excludes halogenated alkanes) is 2. The van der Waals surface area contributed by atoms with Gasteiger partial charge in [0.15, 0.2) is 5.78 Å². The first-order valence-electron chi connectivity index (χ1n) is 7.14. The number of rotatable bonds is 9. The second-order valence-electron chi connectivity index (χ2n) is 4.66. The van der Waals surface area contributed by atoms with Crippen molar-refractivity contribution < 1.29 is 4.79 Å². The molecular formula is C16H24N2O. The van der Waals surface area contributed by atoms with Gasteiger partial charge in [-0.2, -0.15) is 0 Å². The number of ketones is 1. The molecule has 104 valence electrons. The summed E-state index contributed by atoms with van der Waals surface area (Å²) in [6.45, 7) is 6.41. The van der Waals surface area contributed by atoms with Crippen LogP contribution in [0.25, 0.3) is 0 Å². The third kappa shape index (κ3) is 6.18. The smallest absolute Gasteiger partial charge is 0.188 e. The summed E-state index contributed by atoms with van der Waals surface area (Å²) in [7, 11) is 0. The van der Waals surface area contributed by atoms with Crippen molar-refractivity contribution in [3.63, 3.8) is 0 Å². The monoisotopic (exact) mass is 260 g/mol. The van der Waals surface area contributed by atoms with Crippen LogP contribution in [0.15, 0.2) is 36.8 Å². The zero-order chi connectivity index (χ0) is 13.9. The Morgan fingerprint density at radius 1 is 1.26 bits per heavy atom. The first kappa shape index (κ1) is 15.4. The molecular weight excluding hydrogens is 236 g/mol. The predicted octanol–water partition coefficient (Wildman–Crippen LogP) is 3.68. The Kier molecular flexibility index (Phi) is 7.56. The lowest BCUT2D eigenvalue weighted by Gasteiger charge is -2.19. The molecule has 0 N–H and O–H groups in total. The average Bonchev–Trinajstić information content (AvgIpc) is 2.47. The van der Waals surface area contributed by atoms with Gasteiger partial charge in [-0.15, -0.1) is 0 Å². The molecule has 0 aromatic carbocycles. The second kappa shape index (κ2) is 9.31. The third-order valence-corrected chi connectivity index (χ3v) is 2.98. The van der Waals surface area contributed by atoms with Crippen molar-refractivity contribution in [1.29, 1.82) is 0 Å². The van der Waals surface area contributed by atoms with Crippen LogP contribution in [0.4, 0.5) is 0 Å². The number of aromatic nitrogens is 1. The van der Waals surface area contributed by atoms with Crippen LogP contribution >= 0.6 is 0 Å². The van der Waals surface area contributed by atoms with Crippen LogP contribution in [0.3, 0.4) is 0 Å². The van der Waals surface area contributed by atoms with Gasteiger partial charge in [0.05, 0.1) is 0 Å². The molecule has 3 nitrogen and oxygen atoms in total. The van der Waals surface area contributed by atoms with Crippen LogP contribution in [0.5, 0.6) is 0 Å². The van der Waals surface area contributed by atoms with E-state index in [1.54, 1.807) is 30.6 Å². The summed E-state index contributed by atoms with van der Waals surface area (Å²) in [6.07, 6.45) is 11.5. The molecule has 1 aromatic rings. The standard InChI is InChI=1S/C16H24N2O/c1-3-5-11-18(12-6-4-2)13-9-16(19)15-8-7-10-17-14-15/h7-10,13-14H,3-6,11-12H2,1-2H3. The zero-order valence-corrected chi connectivity index (χ0v) is 12.0. The summed E-state index contributed by atoms with van der Waals surface area (Å²) in [5.74, 6) is 0.0195. The Balaban J connectivity index is 2.56. The molecule has 1 rings (SSSR count). The van der Waals surface area contributed by atoms with Crippen LogP contribution in [-0.4, -0.2) is 28.8 Å². The number of pyridine rings is 1. The van der Waals surface area contributed by atoms with Crippen molar-refractivity contribution in [2.45, 2.75) is 39.5 Å².